The lowest BCUT2D eigenvalue weighted by atomic mass is 10.3. The summed E-state index contributed by atoms with van der Waals surface area (Å²) in [5.41, 5.74) is 0. The van der Waals surface area contributed by atoms with Crippen molar-refractivity contribution in [2.24, 2.45) is 0 Å². The molecule has 12 heavy (non-hydrogen) atoms. The van der Waals surface area contributed by atoms with Gasteiger partial charge in [0.25, 0.3) is 0 Å². The number of cyclic esters (lactones) is 1. The van der Waals surface area contributed by atoms with Crippen LogP contribution in [0.15, 0.2) is 0 Å². The van der Waals surface area contributed by atoms with Crippen LogP contribution in [0.1, 0.15) is 0 Å². The quantitative estimate of drug-likeness (QED) is 0.442. The Morgan fingerprint density at radius 2 is 2.08 bits per heavy atom. The number of ether oxygens (including phenoxy) is 1. The summed E-state index contributed by atoms with van der Waals surface area (Å²) in [6.07, 6.45) is -5.20. The Morgan fingerprint density at radius 3 is 2.42 bits per heavy atom. The van der Waals surface area contributed by atoms with Crippen LogP contribution in [0.5, 0.6) is 0 Å². The Balaban J connectivity index is 2.87. The van der Waals surface area contributed by atoms with Crippen LogP contribution < -0.4 is 0 Å². The molecule has 0 N–H and O–H groups in total. The molecule has 0 aromatic carbocycles. The molecule has 1 fully saturated rings. The van der Waals surface area contributed by atoms with Crippen LogP contribution in [-0.2, 0) is 9.53 Å². The van der Waals surface area contributed by atoms with E-state index in [1.807, 2.05) is 0 Å². The summed E-state index contributed by atoms with van der Waals surface area (Å²) < 4.78 is 52.4. The second kappa shape index (κ2) is 2.79. The molecule has 0 aromatic rings. The van der Waals surface area contributed by atoms with Crippen LogP contribution in [0.3, 0.4) is 0 Å². The number of rotatable bonds is 0. The lowest BCUT2D eigenvalue weighted by Crippen LogP contribution is -2.49. The largest absolute Gasteiger partial charge is 0.462 e. The Morgan fingerprint density at radius 1 is 1.50 bits per heavy atom. The standard InChI is InChI=1S/C5H4F4O2S/c6-4(5(7,8)9)3(10)11-1-2-12-4/h1-2H2. The predicted molar refractivity (Wildman–Crippen MR) is 33.3 cm³/mol. The van der Waals surface area contributed by atoms with Gasteiger partial charge < -0.3 is 4.74 Å². The molecule has 1 aliphatic rings. The molecule has 0 bridgehead atoms. The fraction of sp³-hybridized carbons (Fsp3) is 0.800. The Labute approximate surface area is 69.3 Å². The number of thioether (sulfide) groups is 1. The van der Waals surface area contributed by atoms with Crippen molar-refractivity contribution in [2.75, 3.05) is 12.4 Å². The second-order valence-electron chi connectivity index (χ2n) is 2.08. The molecule has 0 amide bonds. The highest BCUT2D eigenvalue weighted by molar-refractivity contribution is 8.01. The Kier molecular flexibility index (Phi) is 2.24. The highest BCUT2D eigenvalue weighted by atomic mass is 32.2. The SMILES string of the molecule is O=C1OCCSC1(F)C(F)(F)F. The summed E-state index contributed by atoms with van der Waals surface area (Å²) in [5, 5.41) is -3.87. The lowest BCUT2D eigenvalue weighted by molar-refractivity contribution is -0.213. The average molecular weight is 204 g/mol. The van der Waals surface area contributed by atoms with Crippen LogP contribution in [0, 0.1) is 0 Å². The van der Waals surface area contributed by atoms with Gasteiger partial charge >= 0.3 is 17.1 Å². The molecule has 1 heterocycles. The number of carbonyl (C=O) groups excluding carboxylic acids is 1. The first-order valence-corrected chi connectivity index (χ1v) is 3.93. The molecule has 1 rings (SSSR count). The number of halogens is 4. The molecule has 1 unspecified atom stereocenters. The minimum atomic E-state index is -5.20. The van der Waals surface area contributed by atoms with E-state index >= 15 is 0 Å². The first-order valence-electron chi connectivity index (χ1n) is 2.95. The highest BCUT2D eigenvalue weighted by Gasteiger charge is 2.65. The number of hydrogen-bond donors (Lipinski definition) is 0. The van der Waals surface area contributed by atoms with E-state index < -0.39 is 17.1 Å². The third-order valence-electron chi connectivity index (χ3n) is 1.24. The van der Waals surface area contributed by atoms with E-state index in [9.17, 15) is 22.4 Å². The van der Waals surface area contributed by atoms with E-state index in [0.717, 1.165) is 0 Å². The maximum absolute atomic E-state index is 12.8. The zero-order valence-corrected chi connectivity index (χ0v) is 6.47. The molecule has 1 atom stereocenters. The zero-order chi connectivity index (χ0) is 9.41. The van der Waals surface area contributed by atoms with Crippen LogP contribution in [-0.4, -0.2) is 29.5 Å². The minimum absolute atomic E-state index is 0.0856. The van der Waals surface area contributed by atoms with Crippen molar-refractivity contribution in [3.8, 4) is 0 Å². The van der Waals surface area contributed by atoms with Gasteiger partial charge in [0.1, 0.15) is 6.61 Å². The van der Waals surface area contributed by atoms with E-state index in [4.69, 9.17) is 0 Å². The molecule has 1 aliphatic heterocycles. The molecular weight excluding hydrogens is 200 g/mol. The molecule has 7 heteroatoms. The first-order chi connectivity index (χ1) is 5.38. The third kappa shape index (κ3) is 1.37. The Hall–Kier alpha value is -0.460. The predicted octanol–water partition coefficient (Wildman–Crippen LogP) is 1.50. The van der Waals surface area contributed by atoms with Gasteiger partial charge in [0, 0.05) is 5.75 Å². The number of hydrogen-bond acceptors (Lipinski definition) is 3. The van der Waals surface area contributed by atoms with Crippen molar-refractivity contribution in [3.63, 3.8) is 0 Å². The molecule has 0 spiro atoms. The van der Waals surface area contributed by atoms with Crippen LogP contribution in [0.25, 0.3) is 0 Å². The summed E-state index contributed by atoms with van der Waals surface area (Å²) in [6, 6.07) is 0. The first kappa shape index (κ1) is 9.63. The van der Waals surface area contributed by atoms with Crippen LogP contribution in [0.4, 0.5) is 17.6 Å². The lowest BCUT2D eigenvalue weighted by Gasteiger charge is -2.28. The molecule has 0 radical (unpaired) electrons. The van der Waals surface area contributed by atoms with Gasteiger partial charge in [-0.05, 0) is 0 Å². The molecular formula is C5H4F4O2S. The third-order valence-corrected chi connectivity index (χ3v) is 2.41. The summed E-state index contributed by atoms with van der Waals surface area (Å²) in [4.78, 5) is 10.4. The minimum Gasteiger partial charge on any atom is -0.462 e. The van der Waals surface area contributed by atoms with Gasteiger partial charge in [0.05, 0.1) is 0 Å². The van der Waals surface area contributed by atoms with Gasteiger partial charge in [0.15, 0.2) is 0 Å². The molecule has 0 aliphatic carbocycles. The summed E-state index contributed by atoms with van der Waals surface area (Å²) in [5.74, 6) is -2.03. The maximum atomic E-state index is 12.8. The van der Waals surface area contributed by atoms with Crippen LogP contribution in [0.2, 0.25) is 0 Å². The number of esters is 1. The van der Waals surface area contributed by atoms with E-state index in [1.165, 1.54) is 0 Å². The molecule has 0 aromatic heterocycles. The monoisotopic (exact) mass is 204 g/mol. The smallest absolute Gasteiger partial charge is 0.443 e. The molecule has 70 valence electrons. The molecule has 0 saturated carbocycles. The number of carbonyl (C=O) groups is 1. The second-order valence-corrected chi connectivity index (χ2v) is 3.34. The van der Waals surface area contributed by atoms with Gasteiger partial charge in [-0.2, -0.15) is 13.2 Å². The fourth-order valence-corrected chi connectivity index (χ4v) is 1.45. The van der Waals surface area contributed by atoms with Gasteiger partial charge in [-0.15, -0.1) is 0 Å². The molecule has 2 nitrogen and oxygen atoms in total. The van der Waals surface area contributed by atoms with Crippen molar-refractivity contribution in [1.29, 1.82) is 0 Å². The zero-order valence-electron chi connectivity index (χ0n) is 5.65. The van der Waals surface area contributed by atoms with Crippen molar-refractivity contribution >= 4 is 17.7 Å². The van der Waals surface area contributed by atoms with E-state index in [1.54, 1.807) is 0 Å². The fourth-order valence-electron chi connectivity index (χ4n) is 0.666. The van der Waals surface area contributed by atoms with E-state index in [0.29, 0.717) is 0 Å². The summed E-state index contributed by atoms with van der Waals surface area (Å²) in [7, 11) is 0. The van der Waals surface area contributed by atoms with Crippen molar-refractivity contribution < 1.29 is 27.1 Å². The highest BCUT2D eigenvalue weighted by Crippen LogP contribution is 2.45. The van der Waals surface area contributed by atoms with Gasteiger partial charge in [-0.1, -0.05) is 11.8 Å². The number of alkyl halides is 4. The maximum Gasteiger partial charge on any atom is 0.443 e. The van der Waals surface area contributed by atoms with Crippen molar-refractivity contribution in [2.45, 2.75) is 11.2 Å². The summed E-state index contributed by atoms with van der Waals surface area (Å²) >= 11 is -0.0856. The topological polar surface area (TPSA) is 26.3 Å². The van der Waals surface area contributed by atoms with Crippen molar-refractivity contribution in [1.82, 2.24) is 0 Å². The van der Waals surface area contributed by atoms with E-state index in [-0.39, 0.29) is 24.1 Å². The summed E-state index contributed by atoms with van der Waals surface area (Å²) in [6.45, 7) is -0.175. The van der Waals surface area contributed by atoms with Gasteiger partial charge in [-0.25, -0.2) is 9.18 Å². The normalized spacial score (nSPS) is 31.5. The van der Waals surface area contributed by atoms with E-state index in [2.05, 4.69) is 4.74 Å². The Bertz CT molecular complexity index is 204. The van der Waals surface area contributed by atoms with Crippen molar-refractivity contribution in [3.05, 3.63) is 0 Å². The molecule has 1 saturated heterocycles. The average Bonchev–Trinajstić information content (AvgIpc) is 1.93. The van der Waals surface area contributed by atoms with Crippen LogP contribution >= 0.6 is 11.8 Å². The van der Waals surface area contributed by atoms with Gasteiger partial charge in [-0.3, -0.25) is 0 Å². The van der Waals surface area contributed by atoms with Gasteiger partial charge in [0.2, 0.25) is 0 Å².